The van der Waals surface area contributed by atoms with E-state index in [1.54, 1.807) is 0 Å². The number of hydrogen-bond acceptors (Lipinski definition) is 1. The van der Waals surface area contributed by atoms with E-state index in [0.717, 1.165) is 16.8 Å². The van der Waals surface area contributed by atoms with E-state index in [9.17, 15) is 4.21 Å². The van der Waals surface area contributed by atoms with Crippen LogP contribution in [0.4, 0.5) is 0 Å². The highest BCUT2D eigenvalue weighted by Crippen LogP contribution is 2.21. The van der Waals surface area contributed by atoms with Gasteiger partial charge in [0.2, 0.25) is 0 Å². The Morgan fingerprint density at radius 1 is 1.21 bits per heavy atom. The van der Waals surface area contributed by atoms with Gasteiger partial charge in [-0.2, -0.15) is 0 Å². The van der Waals surface area contributed by atoms with E-state index in [1.165, 1.54) is 0 Å². The van der Waals surface area contributed by atoms with Crippen LogP contribution < -0.4 is 0 Å². The number of hydrogen-bond donors (Lipinski definition) is 0. The Morgan fingerprint density at radius 2 is 1.79 bits per heavy atom. The third kappa shape index (κ3) is 3.46. The summed E-state index contributed by atoms with van der Waals surface area (Å²) in [6, 6.07) is 9.88. The Morgan fingerprint density at radius 3 is 2.21 bits per heavy atom. The van der Waals surface area contributed by atoms with Crippen LogP contribution in [0.25, 0.3) is 0 Å². The average molecular weight is 208 g/mol. The lowest BCUT2D eigenvalue weighted by molar-refractivity contribution is 0.436. The minimum absolute atomic E-state index is 0.169. The Labute approximate surface area is 89.2 Å². The summed E-state index contributed by atoms with van der Waals surface area (Å²) in [6.07, 6.45) is 0.838. The molecule has 1 aromatic carbocycles. The lowest BCUT2D eigenvalue weighted by atomic mass is 9.88. The largest absolute Gasteiger partial charge is 0.212 e. The molecular weight excluding hydrogens is 192 g/mol. The van der Waals surface area contributed by atoms with Gasteiger partial charge in [-0.15, -0.1) is 0 Å². The zero-order valence-electron chi connectivity index (χ0n) is 8.91. The predicted octanol–water partition coefficient (Wildman–Crippen LogP) is 2.86. The summed E-state index contributed by atoms with van der Waals surface area (Å²) in [5.41, 5.74) is 1.23. The standard InChI is InChI=1S/C12H16OS/c1-12(2,3)9-11(14-13)10-7-5-4-6-8-10/h4-8H,9H2,1-3H3. The van der Waals surface area contributed by atoms with Gasteiger partial charge < -0.3 is 0 Å². The highest BCUT2D eigenvalue weighted by atomic mass is 32.1. The SMILES string of the molecule is CC(C)(C)CC(=S=O)c1ccccc1. The highest BCUT2D eigenvalue weighted by Gasteiger charge is 2.15. The monoisotopic (exact) mass is 208 g/mol. The van der Waals surface area contributed by atoms with Crippen LogP contribution in [0.3, 0.4) is 0 Å². The van der Waals surface area contributed by atoms with E-state index in [4.69, 9.17) is 0 Å². The van der Waals surface area contributed by atoms with Crippen molar-refractivity contribution in [3.05, 3.63) is 35.9 Å². The summed E-state index contributed by atoms with van der Waals surface area (Å²) in [6.45, 7) is 6.44. The highest BCUT2D eigenvalue weighted by molar-refractivity contribution is 7.67. The first kappa shape index (κ1) is 11.2. The lowest BCUT2D eigenvalue weighted by Gasteiger charge is -2.18. The minimum Gasteiger partial charge on any atom is -0.212 e. The summed E-state index contributed by atoms with van der Waals surface area (Å²) in [5, 5.41) is 0. The Bertz CT molecular complexity index is 342. The smallest absolute Gasteiger partial charge is 0.0926 e. The maximum Gasteiger partial charge on any atom is 0.0926 e. The summed E-state index contributed by atoms with van der Waals surface area (Å²) in [4.78, 5) is 0.929. The summed E-state index contributed by atoms with van der Waals surface area (Å²) < 4.78 is 11.0. The summed E-state index contributed by atoms with van der Waals surface area (Å²) >= 11 is 0.617. The predicted molar refractivity (Wildman–Crippen MR) is 62.8 cm³/mol. The van der Waals surface area contributed by atoms with Crippen molar-refractivity contribution in [2.75, 3.05) is 0 Å². The molecular formula is C12H16OS. The third-order valence-corrected chi connectivity index (χ3v) is 2.47. The molecule has 0 aromatic heterocycles. The van der Waals surface area contributed by atoms with Gasteiger partial charge in [0, 0.05) is 0 Å². The Kier molecular flexibility index (Phi) is 3.64. The second kappa shape index (κ2) is 4.56. The molecule has 0 aliphatic rings. The molecule has 0 saturated carbocycles. The molecule has 2 heteroatoms. The molecule has 0 amide bonds. The quantitative estimate of drug-likeness (QED) is 0.539. The van der Waals surface area contributed by atoms with Crippen molar-refractivity contribution >= 4 is 16.1 Å². The van der Waals surface area contributed by atoms with Crippen molar-refractivity contribution in [2.45, 2.75) is 27.2 Å². The van der Waals surface area contributed by atoms with E-state index < -0.39 is 0 Å². The first-order chi connectivity index (χ1) is 6.53. The van der Waals surface area contributed by atoms with Crippen LogP contribution in [-0.4, -0.2) is 9.07 Å². The van der Waals surface area contributed by atoms with E-state index >= 15 is 0 Å². The zero-order chi connectivity index (χ0) is 10.6. The molecule has 1 nitrogen and oxygen atoms in total. The van der Waals surface area contributed by atoms with Gasteiger partial charge in [0.15, 0.2) is 0 Å². The molecule has 0 unspecified atom stereocenters. The number of rotatable bonds is 2. The van der Waals surface area contributed by atoms with Crippen molar-refractivity contribution in [3.8, 4) is 0 Å². The van der Waals surface area contributed by atoms with Crippen LogP contribution in [0.5, 0.6) is 0 Å². The molecule has 0 bridgehead atoms. The molecule has 0 N–H and O–H groups in total. The van der Waals surface area contributed by atoms with Crippen molar-refractivity contribution in [1.82, 2.24) is 0 Å². The second-order valence-electron chi connectivity index (χ2n) is 4.61. The van der Waals surface area contributed by atoms with Crippen molar-refractivity contribution in [3.63, 3.8) is 0 Å². The van der Waals surface area contributed by atoms with Crippen LogP contribution in [0.2, 0.25) is 0 Å². The second-order valence-corrected chi connectivity index (χ2v) is 5.27. The fraction of sp³-hybridized carbons (Fsp3) is 0.417. The van der Waals surface area contributed by atoms with Crippen LogP contribution >= 0.6 is 0 Å². The Hall–Kier alpha value is -0.890. The summed E-state index contributed by atoms with van der Waals surface area (Å²) in [7, 11) is 0. The zero-order valence-corrected chi connectivity index (χ0v) is 9.73. The molecule has 0 heterocycles. The van der Waals surface area contributed by atoms with Crippen LogP contribution in [0.1, 0.15) is 32.8 Å². The van der Waals surface area contributed by atoms with Crippen LogP contribution in [-0.2, 0) is 11.3 Å². The fourth-order valence-corrected chi connectivity index (χ4v) is 2.01. The van der Waals surface area contributed by atoms with Crippen molar-refractivity contribution in [2.24, 2.45) is 5.41 Å². The van der Waals surface area contributed by atoms with Gasteiger partial charge >= 0.3 is 0 Å². The molecule has 14 heavy (non-hydrogen) atoms. The maximum atomic E-state index is 11.0. The van der Waals surface area contributed by atoms with Gasteiger partial charge in [-0.3, -0.25) is 0 Å². The lowest BCUT2D eigenvalue weighted by Crippen LogP contribution is -2.13. The van der Waals surface area contributed by atoms with E-state index in [0.29, 0.717) is 11.3 Å². The normalized spacial score (nSPS) is 11.1. The van der Waals surface area contributed by atoms with Gasteiger partial charge in [0.25, 0.3) is 0 Å². The van der Waals surface area contributed by atoms with Gasteiger partial charge in [-0.05, 0) is 17.4 Å². The summed E-state index contributed by atoms with van der Waals surface area (Å²) in [5.74, 6) is 0. The molecule has 0 radical (unpaired) electrons. The van der Waals surface area contributed by atoms with Crippen LogP contribution in [0.15, 0.2) is 30.3 Å². The van der Waals surface area contributed by atoms with Crippen LogP contribution in [0, 0.1) is 5.41 Å². The third-order valence-electron chi connectivity index (χ3n) is 1.89. The molecule has 0 atom stereocenters. The fourth-order valence-electron chi connectivity index (χ4n) is 1.29. The van der Waals surface area contributed by atoms with Gasteiger partial charge in [0.05, 0.1) is 16.1 Å². The van der Waals surface area contributed by atoms with E-state index in [2.05, 4.69) is 20.8 Å². The van der Waals surface area contributed by atoms with Gasteiger partial charge in [0.1, 0.15) is 0 Å². The number of benzene rings is 1. The van der Waals surface area contributed by atoms with E-state index in [1.807, 2.05) is 30.3 Å². The molecule has 0 fully saturated rings. The first-order valence-electron chi connectivity index (χ1n) is 4.74. The molecule has 1 aromatic rings. The first-order valence-corrected chi connectivity index (χ1v) is 5.48. The van der Waals surface area contributed by atoms with E-state index in [-0.39, 0.29) is 5.41 Å². The molecule has 0 aliphatic carbocycles. The maximum absolute atomic E-state index is 11.0. The average Bonchev–Trinajstić information content (AvgIpc) is 2.14. The molecule has 0 saturated heterocycles. The molecule has 1 rings (SSSR count). The van der Waals surface area contributed by atoms with Gasteiger partial charge in [-0.25, -0.2) is 4.21 Å². The molecule has 76 valence electrons. The molecule has 0 spiro atoms. The van der Waals surface area contributed by atoms with Crippen molar-refractivity contribution < 1.29 is 4.21 Å². The topological polar surface area (TPSA) is 17.1 Å². The molecule has 0 aliphatic heterocycles. The minimum atomic E-state index is 0.169. The van der Waals surface area contributed by atoms with Crippen molar-refractivity contribution in [1.29, 1.82) is 0 Å². The van der Waals surface area contributed by atoms with Gasteiger partial charge in [-0.1, -0.05) is 51.1 Å². The Balaban J connectivity index is 2.91.